The van der Waals surface area contributed by atoms with Crippen LogP contribution in [0.25, 0.3) is 0 Å². The van der Waals surface area contributed by atoms with Crippen LogP contribution in [0.2, 0.25) is 0 Å². The molecule has 5 amide bonds. The van der Waals surface area contributed by atoms with Crippen molar-refractivity contribution in [2.45, 2.75) is 81.6 Å². The zero-order valence-electron chi connectivity index (χ0n) is 25.3. The van der Waals surface area contributed by atoms with E-state index in [-0.39, 0.29) is 25.1 Å². The molecule has 18 nitrogen and oxygen atoms in total. The third kappa shape index (κ3) is 10.3. The summed E-state index contributed by atoms with van der Waals surface area (Å²) in [5.41, 5.74) is 6.02. The van der Waals surface area contributed by atoms with E-state index in [1.807, 2.05) is 0 Å². The molecular weight excluding hydrogens is 612 g/mol. The average Bonchev–Trinajstić information content (AvgIpc) is 3.50. The maximum Gasteiger partial charge on any atom is 0.328 e. The Balaban J connectivity index is 2.22. The maximum absolute atomic E-state index is 13.3. The van der Waals surface area contributed by atoms with Gasteiger partial charge in [-0.3, -0.25) is 24.0 Å². The van der Waals surface area contributed by atoms with Crippen molar-refractivity contribution >= 4 is 35.5 Å². The van der Waals surface area contributed by atoms with E-state index >= 15 is 0 Å². The number of phenolic OH excluding ortho intramolecular Hbond substituents is 1. The highest BCUT2D eigenvalue weighted by Crippen LogP contribution is 2.19. The Morgan fingerprint density at radius 2 is 1.41 bits per heavy atom. The van der Waals surface area contributed by atoms with Gasteiger partial charge in [-0.1, -0.05) is 12.1 Å². The zero-order chi connectivity index (χ0) is 34.7. The normalized spacial score (nSPS) is 19.0. The van der Waals surface area contributed by atoms with Crippen molar-refractivity contribution in [1.29, 1.82) is 0 Å². The lowest BCUT2D eigenvalue weighted by molar-refractivity contribution is -0.144. The second-order valence-corrected chi connectivity index (χ2v) is 10.9. The number of carbonyl (C=O) groups excluding carboxylic acids is 5. The number of aliphatic hydroxyl groups is 4. The van der Waals surface area contributed by atoms with Crippen LogP contribution >= 0.6 is 0 Å². The van der Waals surface area contributed by atoms with E-state index in [9.17, 15) is 59.4 Å². The van der Waals surface area contributed by atoms with E-state index < -0.39 is 97.2 Å². The number of aromatic hydroxyl groups is 1. The fourth-order valence-electron chi connectivity index (χ4n) is 4.63. The van der Waals surface area contributed by atoms with Gasteiger partial charge in [-0.2, -0.15) is 0 Å². The highest BCUT2D eigenvalue weighted by Gasteiger charge is 2.40. The van der Waals surface area contributed by atoms with Gasteiger partial charge in [0.2, 0.25) is 29.5 Å². The van der Waals surface area contributed by atoms with E-state index in [0.717, 1.165) is 4.90 Å². The SMILES string of the molecule is C[C@@H](O)[C@H](N)C(=O)N[C@@H](CO)C(=O)N1CCC[C@H]1C(=O)N[C@H](C(=O)N[C@@H](Cc1ccc(O)cc1)C(=O)N[C@@H](CO)C(=O)O)[C@@H](C)O. The molecule has 1 saturated heterocycles. The van der Waals surface area contributed by atoms with Crippen molar-refractivity contribution in [2.24, 2.45) is 5.73 Å². The summed E-state index contributed by atoms with van der Waals surface area (Å²) in [7, 11) is 0. The molecule has 0 aliphatic carbocycles. The topological polar surface area (TPSA) is 301 Å². The number of carboxylic acids is 1. The Kier molecular flexibility index (Phi) is 14.3. The number of benzene rings is 1. The van der Waals surface area contributed by atoms with Gasteiger partial charge in [0.05, 0.1) is 25.4 Å². The first-order chi connectivity index (χ1) is 21.6. The fourth-order valence-corrected chi connectivity index (χ4v) is 4.63. The quantitative estimate of drug-likeness (QED) is 0.0797. The van der Waals surface area contributed by atoms with Crippen LogP contribution in [0.15, 0.2) is 24.3 Å². The number of carboxylic acid groups (broad SMARTS) is 1. The van der Waals surface area contributed by atoms with E-state index in [4.69, 9.17) is 5.73 Å². The zero-order valence-corrected chi connectivity index (χ0v) is 25.3. The number of aliphatic carboxylic acids is 1. The Bertz CT molecular complexity index is 1240. The number of hydrogen-bond acceptors (Lipinski definition) is 12. The molecule has 0 radical (unpaired) electrons. The maximum atomic E-state index is 13.3. The van der Waals surface area contributed by atoms with Gasteiger partial charge in [0.25, 0.3) is 0 Å². The van der Waals surface area contributed by atoms with Crippen molar-refractivity contribution in [3.05, 3.63) is 29.8 Å². The van der Waals surface area contributed by atoms with Crippen LogP contribution in [-0.2, 0) is 35.2 Å². The van der Waals surface area contributed by atoms with Crippen LogP contribution < -0.4 is 27.0 Å². The molecule has 1 fully saturated rings. The van der Waals surface area contributed by atoms with Crippen molar-refractivity contribution in [2.75, 3.05) is 19.8 Å². The fraction of sp³-hybridized carbons (Fsp3) is 0.571. The molecule has 0 spiro atoms. The van der Waals surface area contributed by atoms with Gasteiger partial charge in [0.1, 0.15) is 42.0 Å². The summed E-state index contributed by atoms with van der Waals surface area (Å²) in [4.78, 5) is 77.5. The second-order valence-electron chi connectivity index (χ2n) is 10.9. The van der Waals surface area contributed by atoms with Gasteiger partial charge in [-0.05, 0) is 44.4 Å². The van der Waals surface area contributed by atoms with Crippen LogP contribution in [0.3, 0.4) is 0 Å². The lowest BCUT2D eigenvalue weighted by atomic mass is 10.0. The summed E-state index contributed by atoms with van der Waals surface area (Å²) < 4.78 is 0. The molecule has 1 aromatic carbocycles. The summed E-state index contributed by atoms with van der Waals surface area (Å²) >= 11 is 0. The van der Waals surface area contributed by atoms with Gasteiger partial charge in [-0.25, -0.2) is 4.79 Å². The highest BCUT2D eigenvalue weighted by atomic mass is 16.4. The van der Waals surface area contributed by atoms with E-state index in [1.165, 1.54) is 38.1 Å². The van der Waals surface area contributed by atoms with E-state index in [1.54, 1.807) is 0 Å². The van der Waals surface area contributed by atoms with Gasteiger partial charge in [0.15, 0.2) is 0 Å². The van der Waals surface area contributed by atoms with Crippen molar-refractivity contribution in [3.63, 3.8) is 0 Å². The predicted molar refractivity (Wildman–Crippen MR) is 157 cm³/mol. The summed E-state index contributed by atoms with van der Waals surface area (Å²) in [5, 5.41) is 66.9. The molecule has 46 heavy (non-hydrogen) atoms. The lowest BCUT2D eigenvalue weighted by Crippen LogP contribution is -2.61. The Hall–Kier alpha value is -4.36. The Morgan fingerprint density at radius 3 is 1.93 bits per heavy atom. The first-order valence-electron chi connectivity index (χ1n) is 14.5. The molecule has 0 unspecified atom stereocenters. The number of nitrogens with two attached hydrogens (primary N) is 1. The van der Waals surface area contributed by atoms with Gasteiger partial charge in [0, 0.05) is 13.0 Å². The van der Waals surface area contributed by atoms with Crippen LogP contribution in [0.4, 0.5) is 0 Å². The highest BCUT2D eigenvalue weighted by molar-refractivity contribution is 5.97. The number of aliphatic hydroxyl groups excluding tert-OH is 4. The van der Waals surface area contributed by atoms with Gasteiger partial charge in [-0.15, -0.1) is 0 Å². The second kappa shape index (κ2) is 17.4. The molecule has 0 aromatic heterocycles. The minimum atomic E-state index is -1.69. The summed E-state index contributed by atoms with van der Waals surface area (Å²) in [5.74, 6) is -6.25. The molecule has 2 rings (SSSR count). The van der Waals surface area contributed by atoms with Crippen molar-refractivity contribution in [3.8, 4) is 5.75 Å². The smallest absolute Gasteiger partial charge is 0.328 e. The lowest BCUT2D eigenvalue weighted by Gasteiger charge is -2.30. The molecule has 256 valence electrons. The Morgan fingerprint density at radius 1 is 0.848 bits per heavy atom. The molecule has 12 N–H and O–H groups in total. The van der Waals surface area contributed by atoms with Crippen molar-refractivity contribution in [1.82, 2.24) is 26.2 Å². The molecular formula is C28H42N6O12. The monoisotopic (exact) mass is 654 g/mol. The number of carbonyl (C=O) groups is 6. The van der Waals surface area contributed by atoms with Gasteiger partial charge >= 0.3 is 5.97 Å². The number of phenols is 1. The number of hydrogen-bond donors (Lipinski definition) is 11. The minimum Gasteiger partial charge on any atom is -0.508 e. The third-order valence-electron chi connectivity index (χ3n) is 7.33. The standard InChI is InChI=1S/C28H42N6O12/c1-13(37)21(29)25(42)31-18(11-35)27(44)34-9-3-4-20(34)24(41)33-22(14(2)38)26(43)30-17(10-15-5-7-16(39)8-6-15)23(40)32-19(12-36)28(45)46/h5-8,13-14,17-22,35-39H,3-4,9-12,29H2,1-2H3,(H,30,43)(H,31,42)(H,32,40)(H,33,41)(H,45,46)/t13-,14-,17+,18+,19+,20+,21+,22+/m1/s1. The van der Waals surface area contributed by atoms with Crippen molar-refractivity contribution < 1.29 is 59.4 Å². The molecule has 1 heterocycles. The number of amides is 5. The summed E-state index contributed by atoms with van der Waals surface area (Å²) in [6, 6.07) is -3.33. The summed E-state index contributed by atoms with van der Waals surface area (Å²) in [6.45, 7) is 0.718. The average molecular weight is 655 g/mol. The molecule has 8 atom stereocenters. The third-order valence-corrected chi connectivity index (χ3v) is 7.33. The molecule has 1 aliphatic rings. The van der Waals surface area contributed by atoms with Crippen LogP contribution in [0, 0.1) is 0 Å². The van der Waals surface area contributed by atoms with Crippen LogP contribution in [-0.4, -0.2) is 139 Å². The minimum absolute atomic E-state index is 0.0573. The number of likely N-dealkylation sites (tertiary alicyclic amines) is 1. The van der Waals surface area contributed by atoms with Crippen LogP contribution in [0.1, 0.15) is 32.3 Å². The molecule has 0 saturated carbocycles. The first-order valence-corrected chi connectivity index (χ1v) is 14.5. The first kappa shape index (κ1) is 37.8. The van der Waals surface area contributed by atoms with E-state index in [0.29, 0.717) is 12.0 Å². The predicted octanol–water partition coefficient (Wildman–Crippen LogP) is -4.98. The number of rotatable bonds is 16. The van der Waals surface area contributed by atoms with E-state index in [2.05, 4.69) is 21.3 Å². The van der Waals surface area contributed by atoms with Crippen LogP contribution in [0.5, 0.6) is 5.75 Å². The molecule has 18 heteroatoms. The molecule has 1 aliphatic heterocycles. The summed E-state index contributed by atoms with van der Waals surface area (Å²) in [6.07, 6.45) is -2.51. The molecule has 1 aromatic rings. The Labute approximate surface area is 263 Å². The van der Waals surface area contributed by atoms with Gasteiger partial charge < -0.3 is 62.5 Å². The molecule has 0 bridgehead atoms. The largest absolute Gasteiger partial charge is 0.508 e. The number of nitrogens with one attached hydrogen (secondary N) is 4. The number of nitrogens with zero attached hydrogens (tertiary/aromatic N) is 1.